The molecule has 0 aliphatic carbocycles. The third kappa shape index (κ3) is 2.58. The van der Waals surface area contributed by atoms with Crippen molar-refractivity contribution in [1.29, 1.82) is 0 Å². The van der Waals surface area contributed by atoms with Crippen molar-refractivity contribution in [3.05, 3.63) is 23.8 Å². The second-order valence-electron chi connectivity index (χ2n) is 4.67. The molecule has 1 heterocycles. The van der Waals surface area contributed by atoms with Crippen molar-refractivity contribution in [1.82, 2.24) is 0 Å². The number of benzene rings is 1. The van der Waals surface area contributed by atoms with Gasteiger partial charge in [0.25, 0.3) is 0 Å². The summed E-state index contributed by atoms with van der Waals surface area (Å²) in [7, 11) is 0. The molecule has 1 aliphatic rings. The van der Waals surface area contributed by atoms with Crippen LogP contribution in [0.2, 0.25) is 0 Å². The minimum absolute atomic E-state index is 0.0148. The zero-order chi connectivity index (χ0) is 12.4. The van der Waals surface area contributed by atoms with Gasteiger partial charge in [-0.3, -0.25) is 4.79 Å². The second-order valence-corrected chi connectivity index (χ2v) is 4.67. The quantitative estimate of drug-likeness (QED) is 0.823. The molecule has 3 N–H and O–H groups in total. The predicted octanol–water partition coefficient (Wildman–Crippen LogP) is 2.06. The Labute approximate surface area is 101 Å². The fourth-order valence-corrected chi connectivity index (χ4v) is 1.83. The van der Waals surface area contributed by atoms with E-state index in [0.717, 1.165) is 17.0 Å². The van der Waals surface area contributed by atoms with Gasteiger partial charge >= 0.3 is 0 Å². The monoisotopic (exact) mass is 234 g/mol. The van der Waals surface area contributed by atoms with Crippen LogP contribution in [0, 0.1) is 5.92 Å². The van der Waals surface area contributed by atoms with Crippen LogP contribution in [0.3, 0.4) is 0 Å². The van der Waals surface area contributed by atoms with Crippen molar-refractivity contribution >= 4 is 11.6 Å². The van der Waals surface area contributed by atoms with Crippen molar-refractivity contribution in [2.75, 3.05) is 11.9 Å². The maximum atomic E-state index is 11.4. The van der Waals surface area contributed by atoms with Crippen LogP contribution in [-0.2, 0) is 4.79 Å². The van der Waals surface area contributed by atoms with E-state index in [-0.39, 0.29) is 11.9 Å². The third-order valence-electron chi connectivity index (χ3n) is 2.97. The average molecular weight is 234 g/mol. The number of ether oxygens (including phenoxy) is 1. The average Bonchev–Trinajstić information content (AvgIpc) is 2.47. The van der Waals surface area contributed by atoms with Crippen molar-refractivity contribution in [3.63, 3.8) is 0 Å². The Morgan fingerprint density at radius 1 is 1.41 bits per heavy atom. The Kier molecular flexibility index (Phi) is 3.33. The molecular formula is C13H18N2O2. The van der Waals surface area contributed by atoms with E-state index in [1.807, 2.05) is 18.2 Å². The van der Waals surface area contributed by atoms with Crippen LogP contribution in [0.1, 0.15) is 31.9 Å². The molecular weight excluding hydrogens is 216 g/mol. The van der Waals surface area contributed by atoms with Crippen LogP contribution >= 0.6 is 0 Å². The van der Waals surface area contributed by atoms with E-state index in [1.54, 1.807) is 0 Å². The lowest BCUT2D eigenvalue weighted by molar-refractivity contribution is -0.116. The van der Waals surface area contributed by atoms with Gasteiger partial charge in [0.2, 0.25) is 5.91 Å². The highest BCUT2D eigenvalue weighted by molar-refractivity contribution is 5.93. The lowest BCUT2D eigenvalue weighted by atomic mass is 9.96. The maximum absolute atomic E-state index is 11.4. The van der Waals surface area contributed by atoms with Crippen LogP contribution in [0.15, 0.2) is 18.2 Å². The molecule has 0 radical (unpaired) electrons. The Bertz CT molecular complexity index is 429. The summed E-state index contributed by atoms with van der Waals surface area (Å²) in [4.78, 5) is 11.4. The summed E-state index contributed by atoms with van der Waals surface area (Å²) in [5.41, 5.74) is 7.83. The highest BCUT2D eigenvalue weighted by atomic mass is 16.5. The molecule has 17 heavy (non-hydrogen) atoms. The van der Waals surface area contributed by atoms with E-state index in [9.17, 15) is 4.79 Å². The van der Waals surface area contributed by atoms with E-state index in [1.165, 1.54) is 0 Å². The molecule has 2 rings (SSSR count). The summed E-state index contributed by atoms with van der Waals surface area (Å²) in [5, 5.41) is 2.84. The van der Waals surface area contributed by atoms with Gasteiger partial charge in [-0.05, 0) is 23.6 Å². The molecule has 92 valence electrons. The van der Waals surface area contributed by atoms with Gasteiger partial charge in [-0.15, -0.1) is 0 Å². The molecule has 0 saturated heterocycles. The zero-order valence-electron chi connectivity index (χ0n) is 10.2. The molecule has 0 spiro atoms. The molecule has 1 unspecified atom stereocenters. The molecule has 4 nitrogen and oxygen atoms in total. The van der Waals surface area contributed by atoms with E-state index < -0.39 is 0 Å². The molecule has 0 fully saturated rings. The summed E-state index contributed by atoms with van der Waals surface area (Å²) in [6.07, 6.45) is 0.389. The molecule has 0 aromatic heterocycles. The SMILES string of the molecule is CC(C)C(N)c1ccc2c(c1)NC(=O)CCO2. The van der Waals surface area contributed by atoms with Crippen molar-refractivity contribution in [2.45, 2.75) is 26.3 Å². The number of hydrogen-bond acceptors (Lipinski definition) is 3. The molecule has 1 aliphatic heterocycles. The lowest BCUT2D eigenvalue weighted by Gasteiger charge is -2.17. The van der Waals surface area contributed by atoms with E-state index >= 15 is 0 Å². The first kappa shape index (κ1) is 11.9. The molecule has 1 amide bonds. The van der Waals surface area contributed by atoms with Crippen LogP contribution in [0.25, 0.3) is 0 Å². The first-order chi connectivity index (χ1) is 8.08. The predicted molar refractivity (Wildman–Crippen MR) is 67.0 cm³/mol. The molecule has 1 aromatic rings. The third-order valence-corrected chi connectivity index (χ3v) is 2.97. The number of hydrogen-bond donors (Lipinski definition) is 2. The minimum Gasteiger partial charge on any atom is -0.491 e. The summed E-state index contributed by atoms with van der Waals surface area (Å²) in [6.45, 7) is 4.57. The summed E-state index contributed by atoms with van der Waals surface area (Å²) in [6, 6.07) is 5.71. The molecule has 1 aromatic carbocycles. The van der Waals surface area contributed by atoms with Crippen molar-refractivity contribution < 1.29 is 9.53 Å². The first-order valence-electron chi connectivity index (χ1n) is 5.90. The van der Waals surface area contributed by atoms with Crippen LogP contribution in [0.4, 0.5) is 5.69 Å². The Balaban J connectivity index is 2.32. The van der Waals surface area contributed by atoms with Gasteiger partial charge in [-0.2, -0.15) is 0 Å². The highest BCUT2D eigenvalue weighted by Gasteiger charge is 2.17. The Hall–Kier alpha value is -1.55. The molecule has 0 saturated carbocycles. The van der Waals surface area contributed by atoms with Crippen LogP contribution in [0.5, 0.6) is 5.75 Å². The standard InChI is InChI=1S/C13H18N2O2/c1-8(2)13(14)9-3-4-11-10(7-9)15-12(16)5-6-17-11/h3-4,7-8,13H,5-6,14H2,1-2H3,(H,15,16). The normalized spacial score (nSPS) is 16.8. The number of anilines is 1. The topological polar surface area (TPSA) is 64.3 Å². The second kappa shape index (κ2) is 4.75. The summed E-state index contributed by atoms with van der Waals surface area (Å²) < 4.78 is 5.49. The van der Waals surface area contributed by atoms with Gasteiger partial charge < -0.3 is 15.8 Å². The van der Waals surface area contributed by atoms with Gasteiger partial charge in [-0.1, -0.05) is 19.9 Å². The number of nitrogens with one attached hydrogen (secondary N) is 1. The van der Waals surface area contributed by atoms with Crippen molar-refractivity contribution in [3.8, 4) is 5.75 Å². The largest absolute Gasteiger partial charge is 0.491 e. The van der Waals surface area contributed by atoms with Gasteiger partial charge in [-0.25, -0.2) is 0 Å². The number of rotatable bonds is 2. The minimum atomic E-state index is -0.0274. The van der Waals surface area contributed by atoms with E-state index in [4.69, 9.17) is 10.5 Å². The number of carbonyl (C=O) groups excluding carboxylic acids is 1. The summed E-state index contributed by atoms with van der Waals surface area (Å²) in [5.74, 6) is 1.06. The number of nitrogens with two attached hydrogens (primary N) is 1. The van der Waals surface area contributed by atoms with Gasteiger partial charge in [0, 0.05) is 6.04 Å². The fourth-order valence-electron chi connectivity index (χ4n) is 1.83. The maximum Gasteiger partial charge on any atom is 0.227 e. The first-order valence-corrected chi connectivity index (χ1v) is 5.90. The summed E-state index contributed by atoms with van der Waals surface area (Å²) >= 11 is 0. The number of amides is 1. The van der Waals surface area contributed by atoms with Gasteiger partial charge in [0.05, 0.1) is 18.7 Å². The van der Waals surface area contributed by atoms with E-state index in [0.29, 0.717) is 18.9 Å². The molecule has 4 heteroatoms. The zero-order valence-corrected chi connectivity index (χ0v) is 10.2. The van der Waals surface area contributed by atoms with Crippen LogP contribution < -0.4 is 15.8 Å². The van der Waals surface area contributed by atoms with Gasteiger partial charge in [0.1, 0.15) is 5.75 Å². The highest BCUT2D eigenvalue weighted by Crippen LogP contribution is 2.31. The smallest absolute Gasteiger partial charge is 0.227 e. The fraction of sp³-hybridized carbons (Fsp3) is 0.462. The lowest BCUT2D eigenvalue weighted by Crippen LogP contribution is -2.17. The molecule has 0 bridgehead atoms. The molecule has 1 atom stereocenters. The number of carbonyl (C=O) groups is 1. The Morgan fingerprint density at radius 2 is 2.18 bits per heavy atom. The van der Waals surface area contributed by atoms with Gasteiger partial charge in [0.15, 0.2) is 0 Å². The Morgan fingerprint density at radius 3 is 2.88 bits per heavy atom. The number of fused-ring (bicyclic) bond motifs is 1. The van der Waals surface area contributed by atoms with Crippen molar-refractivity contribution in [2.24, 2.45) is 11.7 Å². The van der Waals surface area contributed by atoms with Crippen LogP contribution in [-0.4, -0.2) is 12.5 Å². The van der Waals surface area contributed by atoms with E-state index in [2.05, 4.69) is 19.2 Å².